The second kappa shape index (κ2) is 6.17. The molecular formula is C11H7ClF3NO2S. The minimum Gasteiger partial charge on any atom is -0.481 e. The molecule has 0 heterocycles. The number of carboxylic acid groups (broad SMARTS) is 1. The minimum atomic E-state index is -4.50. The molecule has 3 nitrogen and oxygen atoms in total. The number of carboxylic acids is 1. The van der Waals surface area contributed by atoms with Crippen LogP contribution >= 0.6 is 23.4 Å². The van der Waals surface area contributed by atoms with Gasteiger partial charge in [0.2, 0.25) is 0 Å². The molecule has 0 amide bonds. The number of alkyl halides is 4. The highest BCUT2D eigenvalue weighted by atomic mass is 35.5. The highest BCUT2D eigenvalue weighted by Gasteiger charge is 2.30. The molecule has 1 aromatic carbocycles. The number of aliphatic carboxylic acids is 1. The predicted molar refractivity (Wildman–Crippen MR) is 64.0 cm³/mol. The first-order valence-electron chi connectivity index (χ1n) is 4.86. The molecule has 0 atom stereocenters. The summed E-state index contributed by atoms with van der Waals surface area (Å²) in [6.45, 7) is 0. The summed E-state index contributed by atoms with van der Waals surface area (Å²) in [4.78, 5) is 10.5. The monoisotopic (exact) mass is 309 g/mol. The lowest BCUT2D eigenvalue weighted by molar-refractivity contribution is -0.136. The maximum atomic E-state index is 12.3. The zero-order valence-electron chi connectivity index (χ0n) is 9.29. The smallest absolute Gasteiger partial charge is 0.446 e. The van der Waals surface area contributed by atoms with Gasteiger partial charge in [0, 0.05) is 10.8 Å². The van der Waals surface area contributed by atoms with Crippen molar-refractivity contribution >= 4 is 29.3 Å². The fourth-order valence-corrected chi connectivity index (χ4v) is 2.43. The van der Waals surface area contributed by atoms with E-state index in [1.54, 1.807) is 6.07 Å². The second-order valence-electron chi connectivity index (χ2n) is 3.47. The van der Waals surface area contributed by atoms with Crippen molar-refractivity contribution in [1.29, 1.82) is 5.26 Å². The molecule has 1 N–H and O–H groups in total. The molecule has 0 aliphatic carbocycles. The Morgan fingerprint density at radius 3 is 2.53 bits per heavy atom. The van der Waals surface area contributed by atoms with E-state index in [0.717, 1.165) is 12.1 Å². The number of nitriles is 1. The molecule has 0 unspecified atom stereocenters. The first-order chi connectivity index (χ1) is 8.76. The molecule has 0 radical (unpaired) electrons. The first kappa shape index (κ1) is 15.7. The number of hydrogen-bond donors (Lipinski definition) is 1. The van der Waals surface area contributed by atoms with Crippen LogP contribution in [0.2, 0.25) is 0 Å². The van der Waals surface area contributed by atoms with Crippen molar-refractivity contribution in [2.75, 3.05) is 0 Å². The van der Waals surface area contributed by atoms with Crippen LogP contribution in [0.3, 0.4) is 0 Å². The summed E-state index contributed by atoms with van der Waals surface area (Å²) in [7, 11) is 0. The largest absolute Gasteiger partial charge is 0.481 e. The third kappa shape index (κ3) is 4.65. The van der Waals surface area contributed by atoms with Crippen LogP contribution in [0.25, 0.3) is 0 Å². The van der Waals surface area contributed by atoms with E-state index in [1.807, 2.05) is 0 Å². The van der Waals surface area contributed by atoms with Gasteiger partial charge in [-0.25, -0.2) is 0 Å². The number of carbonyl (C=O) groups is 1. The highest BCUT2D eigenvalue weighted by molar-refractivity contribution is 8.00. The SMILES string of the molecule is N#Cc1cc(SC(F)(F)F)cc(CC(=O)O)c1CCl. The topological polar surface area (TPSA) is 61.1 Å². The molecule has 1 aromatic rings. The number of benzene rings is 1. The molecule has 0 spiro atoms. The maximum absolute atomic E-state index is 12.3. The first-order valence-corrected chi connectivity index (χ1v) is 6.21. The van der Waals surface area contributed by atoms with E-state index in [-0.39, 0.29) is 27.5 Å². The van der Waals surface area contributed by atoms with E-state index in [4.69, 9.17) is 22.0 Å². The fourth-order valence-electron chi connectivity index (χ4n) is 1.47. The average molecular weight is 310 g/mol. The molecule has 0 aliphatic heterocycles. The van der Waals surface area contributed by atoms with Crippen molar-refractivity contribution in [1.82, 2.24) is 0 Å². The van der Waals surface area contributed by atoms with Gasteiger partial charge in [0.25, 0.3) is 0 Å². The summed E-state index contributed by atoms with van der Waals surface area (Å²) in [5.74, 6) is -1.34. The van der Waals surface area contributed by atoms with Crippen LogP contribution in [-0.4, -0.2) is 16.6 Å². The van der Waals surface area contributed by atoms with E-state index in [2.05, 4.69) is 0 Å². The Morgan fingerprint density at radius 2 is 2.11 bits per heavy atom. The van der Waals surface area contributed by atoms with Gasteiger partial charge in [0.1, 0.15) is 0 Å². The minimum absolute atomic E-state index is 0.0412. The fraction of sp³-hybridized carbons (Fsp3) is 0.273. The van der Waals surface area contributed by atoms with E-state index >= 15 is 0 Å². The lowest BCUT2D eigenvalue weighted by atomic mass is 10.0. The summed E-state index contributed by atoms with van der Waals surface area (Å²) < 4.78 is 36.9. The highest BCUT2D eigenvalue weighted by Crippen LogP contribution is 2.38. The van der Waals surface area contributed by atoms with E-state index in [0.29, 0.717) is 0 Å². The van der Waals surface area contributed by atoms with Crippen molar-refractivity contribution in [2.45, 2.75) is 22.7 Å². The van der Waals surface area contributed by atoms with Gasteiger partial charge in [-0.05, 0) is 35.0 Å². The standard InChI is InChI=1S/C11H7ClF3NO2S/c12-4-9-6(3-10(17)18)1-8(2-7(9)5-16)19-11(13,14)15/h1-2H,3-4H2,(H,17,18). The Balaban J connectivity index is 3.30. The molecule has 8 heteroatoms. The third-order valence-electron chi connectivity index (χ3n) is 2.15. The summed E-state index contributed by atoms with van der Waals surface area (Å²) in [5, 5.41) is 17.6. The number of rotatable bonds is 4. The number of halogens is 4. The Morgan fingerprint density at radius 1 is 1.47 bits per heavy atom. The Kier molecular flexibility index (Phi) is 5.09. The van der Waals surface area contributed by atoms with E-state index in [1.165, 1.54) is 0 Å². The van der Waals surface area contributed by atoms with Crippen molar-refractivity contribution in [2.24, 2.45) is 0 Å². The van der Waals surface area contributed by atoms with Gasteiger partial charge in [0.05, 0.1) is 18.1 Å². The summed E-state index contributed by atoms with van der Waals surface area (Å²) >= 11 is 5.22. The van der Waals surface area contributed by atoms with Gasteiger partial charge in [-0.1, -0.05) is 0 Å². The van der Waals surface area contributed by atoms with Crippen LogP contribution in [0.4, 0.5) is 13.2 Å². The predicted octanol–water partition coefficient (Wildman–Crippen LogP) is 3.54. The Labute approximate surface area is 116 Å². The quantitative estimate of drug-likeness (QED) is 0.682. The van der Waals surface area contributed by atoms with Crippen molar-refractivity contribution in [3.63, 3.8) is 0 Å². The van der Waals surface area contributed by atoms with Crippen LogP contribution in [-0.2, 0) is 17.1 Å². The third-order valence-corrected chi connectivity index (χ3v) is 3.12. The van der Waals surface area contributed by atoms with Crippen LogP contribution in [0.15, 0.2) is 17.0 Å². The molecule has 0 bridgehead atoms. The molecule has 0 fully saturated rings. The number of hydrogen-bond acceptors (Lipinski definition) is 3. The lowest BCUT2D eigenvalue weighted by Crippen LogP contribution is -2.06. The normalized spacial score (nSPS) is 11.1. The summed E-state index contributed by atoms with van der Waals surface area (Å²) in [5.41, 5.74) is -4.18. The van der Waals surface area contributed by atoms with E-state index in [9.17, 15) is 18.0 Å². The zero-order valence-corrected chi connectivity index (χ0v) is 10.9. The van der Waals surface area contributed by atoms with Gasteiger partial charge in [-0.15, -0.1) is 11.6 Å². The molecule has 0 aromatic heterocycles. The Bertz CT molecular complexity index is 540. The summed E-state index contributed by atoms with van der Waals surface area (Å²) in [6.07, 6.45) is -0.483. The van der Waals surface area contributed by atoms with Gasteiger partial charge in [0.15, 0.2) is 0 Å². The van der Waals surface area contributed by atoms with Crippen molar-refractivity contribution in [3.8, 4) is 6.07 Å². The summed E-state index contributed by atoms with van der Waals surface area (Å²) in [6, 6.07) is 3.89. The van der Waals surface area contributed by atoms with Crippen molar-refractivity contribution < 1.29 is 23.1 Å². The van der Waals surface area contributed by atoms with Gasteiger partial charge in [-0.2, -0.15) is 18.4 Å². The number of thioether (sulfide) groups is 1. The van der Waals surface area contributed by atoms with Crippen LogP contribution in [0, 0.1) is 11.3 Å². The molecule has 0 aliphatic rings. The van der Waals surface area contributed by atoms with E-state index < -0.39 is 29.7 Å². The molecule has 1 rings (SSSR count). The van der Waals surface area contributed by atoms with Crippen LogP contribution < -0.4 is 0 Å². The second-order valence-corrected chi connectivity index (χ2v) is 4.88. The van der Waals surface area contributed by atoms with Gasteiger partial charge >= 0.3 is 11.5 Å². The van der Waals surface area contributed by atoms with Crippen molar-refractivity contribution in [3.05, 3.63) is 28.8 Å². The van der Waals surface area contributed by atoms with Gasteiger partial charge in [-0.3, -0.25) is 4.79 Å². The lowest BCUT2D eigenvalue weighted by Gasteiger charge is -2.11. The molecule has 0 saturated carbocycles. The average Bonchev–Trinajstić information content (AvgIpc) is 2.25. The molecule has 0 saturated heterocycles. The molecular weight excluding hydrogens is 303 g/mol. The van der Waals surface area contributed by atoms with Gasteiger partial charge < -0.3 is 5.11 Å². The zero-order chi connectivity index (χ0) is 14.6. The Hall–Kier alpha value is -1.39. The van der Waals surface area contributed by atoms with Crippen LogP contribution in [0.1, 0.15) is 16.7 Å². The molecule has 19 heavy (non-hydrogen) atoms. The van der Waals surface area contributed by atoms with Crippen LogP contribution in [0.5, 0.6) is 0 Å². The molecule has 102 valence electrons. The maximum Gasteiger partial charge on any atom is 0.446 e. The number of nitrogens with zero attached hydrogens (tertiary/aromatic N) is 1.